The first-order chi connectivity index (χ1) is 8.31. The topological polar surface area (TPSA) is 77.2 Å². The van der Waals surface area contributed by atoms with Gasteiger partial charge in [0.05, 0.1) is 11.1 Å². The van der Waals surface area contributed by atoms with E-state index in [-0.39, 0.29) is 5.91 Å². The lowest BCUT2D eigenvalue weighted by Gasteiger charge is -2.05. The molecule has 2 heterocycles. The summed E-state index contributed by atoms with van der Waals surface area (Å²) in [6.45, 7) is 0.317. The molecular weight excluding hydrogens is 238 g/mol. The van der Waals surface area contributed by atoms with Gasteiger partial charge in [-0.15, -0.1) is 11.3 Å². The van der Waals surface area contributed by atoms with Crippen molar-refractivity contribution in [2.75, 3.05) is 0 Å². The van der Waals surface area contributed by atoms with Crippen molar-refractivity contribution < 1.29 is 9.53 Å². The van der Waals surface area contributed by atoms with E-state index < -0.39 is 0 Å². The summed E-state index contributed by atoms with van der Waals surface area (Å²) in [5.74, 6) is 5.46. The Morgan fingerprint density at radius 1 is 1.53 bits per heavy atom. The van der Waals surface area contributed by atoms with Gasteiger partial charge in [0.15, 0.2) is 0 Å². The fourth-order valence-electron chi connectivity index (χ4n) is 1.31. The maximum Gasteiger partial charge on any atom is 0.275 e. The molecule has 6 heteroatoms. The fourth-order valence-corrected chi connectivity index (χ4v) is 2.12. The number of pyridine rings is 1. The molecular formula is C11H11N3O2S. The Bertz CT molecular complexity index is 498. The molecule has 0 aliphatic heterocycles. The Labute approximate surface area is 102 Å². The van der Waals surface area contributed by atoms with E-state index in [4.69, 9.17) is 10.6 Å². The molecule has 0 unspecified atom stereocenters. The predicted molar refractivity (Wildman–Crippen MR) is 64.5 cm³/mol. The minimum absolute atomic E-state index is 0.301. The first-order valence-corrected chi connectivity index (χ1v) is 5.79. The normalized spacial score (nSPS) is 9.94. The number of thiophene rings is 1. The summed E-state index contributed by atoms with van der Waals surface area (Å²) in [6, 6.07) is 5.43. The zero-order chi connectivity index (χ0) is 12.1. The summed E-state index contributed by atoms with van der Waals surface area (Å²) in [7, 11) is 0. The van der Waals surface area contributed by atoms with Crippen LogP contribution in [0.3, 0.4) is 0 Å². The SMILES string of the molecule is NNC(=O)c1sccc1COc1cccnc1. The number of aromatic nitrogens is 1. The number of rotatable bonds is 4. The molecule has 3 N–H and O–H groups in total. The molecule has 1 amide bonds. The van der Waals surface area contributed by atoms with Crippen molar-refractivity contribution in [2.45, 2.75) is 6.61 Å². The summed E-state index contributed by atoms with van der Waals surface area (Å²) in [5.41, 5.74) is 2.92. The maximum atomic E-state index is 11.4. The molecule has 17 heavy (non-hydrogen) atoms. The third-order valence-electron chi connectivity index (χ3n) is 2.11. The Morgan fingerprint density at radius 3 is 3.12 bits per heavy atom. The number of nitrogens with two attached hydrogens (primary N) is 1. The van der Waals surface area contributed by atoms with E-state index in [9.17, 15) is 4.79 Å². The van der Waals surface area contributed by atoms with Gasteiger partial charge in [0.25, 0.3) is 5.91 Å². The van der Waals surface area contributed by atoms with Gasteiger partial charge in [0.2, 0.25) is 0 Å². The largest absolute Gasteiger partial charge is 0.487 e. The Hall–Kier alpha value is -1.92. The van der Waals surface area contributed by atoms with Gasteiger partial charge in [0.1, 0.15) is 12.4 Å². The van der Waals surface area contributed by atoms with E-state index in [1.165, 1.54) is 11.3 Å². The highest BCUT2D eigenvalue weighted by atomic mass is 32.1. The number of hydrazine groups is 1. The summed E-state index contributed by atoms with van der Waals surface area (Å²) in [4.78, 5) is 15.9. The lowest BCUT2D eigenvalue weighted by molar-refractivity contribution is 0.0955. The molecule has 0 spiro atoms. The van der Waals surface area contributed by atoms with Gasteiger partial charge in [-0.1, -0.05) is 0 Å². The summed E-state index contributed by atoms with van der Waals surface area (Å²) >= 11 is 1.33. The zero-order valence-corrected chi connectivity index (χ0v) is 9.74. The maximum absolute atomic E-state index is 11.4. The smallest absolute Gasteiger partial charge is 0.275 e. The predicted octanol–water partition coefficient (Wildman–Crippen LogP) is 1.33. The van der Waals surface area contributed by atoms with E-state index >= 15 is 0 Å². The molecule has 2 aromatic rings. The van der Waals surface area contributed by atoms with Crippen molar-refractivity contribution in [1.29, 1.82) is 0 Å². The van der Waals surface area contributed by atoms with E-state index in [1.807, 2.05) is 17.5 Å². The van der Waals surface area contributed by atoms with Crippen LogP contribution in [0.5, 0.6) is 5.75 Å². The summed E-state index contributed by atoms with van der Waals surface area (Å²) in [6.07, 6.45) is 3.29. The summed E-state index contributed by atoms with van der Waals surface area (Å²) in [5, 5.41) is 1.83. The van der Waals surface area contributed by atoms with Crippen molar-refractivity contribution in [3.8, 4) is 5.75 Å². The monoisotopic (exact) mass is 249 g/mol. The van der Waals surface area contributed by atoms with Crippen molar-refractivity contribution in [3.05, 3.63) is 46.4 Å². The standard InChI is InChI=1S/C11H11N3O2S/c12-14-11(15)10-8(3-5-17-10)7-16-9-2-1-4-13-6-9/h1-6H,7,12H2,(H,14,15). The minimum Gasteiger partial charge on any atom is -0.487 e. The van der Waals surface area contributed by atoms with Gasteiger partial charge in [-0.2, -0.15) is 0 Å². The Kier molecular flexibility index (Phi) is 3.69. The van der Waals surface area contributed by atoms with Gasteiger partial charge in [-0.05, 0) is 23.6 Å². The van der Waals surface area contributed by atoms with Gasteiger partial charge < -0.3 is 4.74 Å². The number of carbonyl (C=O) groups is 1. The third-order valence-corrected chi connectivity index (χ3v) is 3.07. The lowest BCUT2D eigenvalue weighted by atomic mass is 10.2. The number of carbonyl (C=O) groups excluding carboxylic acids is 1. The molecule has 0 aromatic carbocycles. The van der Waals surface area contributed by atoms with Crippen LogP contribution in [0.2, 0.25) is 0 Å². The van der Waals surface area contributed by atoms with Crippen LogP contribution in [0.15, 0.2) is 36.0 Å². The van der Waals surface area contributed by atoms with Crippen LogP contribution >= 0.6 is 11.3 Å². The highest BCUT2D eigenvalue weighted by Crippen LogP contribution is 2.18. The molecule has 0 atom stereocenters. The van der Waals surface area contributed by atoms with Crippen LogP contribution in [0.25, 0.3) is 0 Å². The van der Waals surface area contributed by atoms with Crippen molar-refractivity contribution in [1.82, 2.24) is 10.4 Å². The highest BCUT2D eigenvalue weighted by Gasteiger charge is 2.12. The molecule has 0 bridgehead atoms. The molecule has 0 radical (unpaired) electrons. The van der Waals surface area contributed by atoms with Crippen molar-refractivity contribution in [3.63, 3.8) is 0 Å². The second-order valence-corrected chi connectivity index (χ2v) is 4.14. The molecule has 0 fully saturated rings. The van der Waals surface area contributed by atoms with Crippen LogP contribution in [0, 0.1) is 0 Å². The zero-order valence-electron chi connectivity index (χ0n) is 8.92. The van der Waals surface area contributed by atoms with Crippen LogP contribution in [0.1, 0.15) is 15.2 Å². The first-order valence-electron chi connectivity index (χ1n) is 4.91. The number of hydrogen-bond acceptors (Lipinski definition) is 5. The van der Waals surface area contributed by atoms with Gasteiger partial charge >= 0.3 is 0 Å². The molecule has 5 nitrogen and oxygen atoms in total. The third kappa shape index (κ3) is 2.80. The van der Waals surface area contributed by atoms with Crippen LogP contribution in [-0.4, -0.2) is 10.9 Å². The van der Waals surface area contributed by atoms with E-state index in [2.05, 4.69) is 10.4 Å². The van der Waals surface area contributed by atoms with Crippen LogP contribution in [-0.2, 0) is 6.61 Å². The highest BCUT2D eigenvalue weighted by molar-refractivity contribution is 7.12. The average Bonchev–Trinajstić information content (AvgIpc) is 2.85. The van der Waals surface area contributed by atoms with E-state index in [0.717, 1.165) is 5.56 Å². The number of nitrogen functional groups attached to an aromatic ring is 1. The van der Waals surface area contributed by atoms with Crippen molar-refractivity contribution in [2.24, 2.45) is 5.84 Å². The van der Waals surface area contributed by atoms with Crippen molar-refractivity contribution >= 4 is 17.2 Å². The number of nitrogens with zero attached hydrogens (tertiary/aromatic N) is 1. The molecule has 88 valence electrons. The quantitative estimate of drug-likeness (QED) is 0.487. The van der Waals surface area contributed by atoms with Crippen LogP contribution < -0.4 is 16.0 Å². The van der Waals surface area contributed by atoms with Gasteiger partial charge in [0, 0.05) is 11.8 Å². The van der Waals surface area contributed by atoms with E-state index in [0.29, 0.717) is 17.2 Å². The Morgan fingerprint density at radius 2 is 2.41 bits per heavy atom. The molecule has 0 saturated carbocycles. The lowest BCUT2D eigenvalue weighted by Crippen LogP contribution is -2.30. The number of nitrogens with one attached hydrogen (secondary N) is 1. The second-order valence-electron chi connectivity index (χ2n) is 3.23. The van der Waals surface area contributed by atoms with Crippen LogP contribution in [0.4, 0.5) is 0 Å². The molecule has 0 aliphatic rings. The van der Waals surface area contributed by atoms with Gasteiger partial charge in [-0.25, -0.2) is 5.84 Å². The van der Waals surface area contributed by atoms with E-state index in [1.54, 1.807) is 18.5 Å². The Balaban J connectivity index is 2.05. The number of ether oxygens (including phenoxy) is 1. The number of amides is 1. The average molecular weight is 249 g/mol. The molecule has 2 aromatic heterocycles. The summed E-state index contributed by atoms with van der Waals surface area (Å²) < 4.78 is 5.51. The molecule has 2 rings (SSSR count). The second kappa shape index (κ2) is 5.42. The fraction of sp³-hybridized carbons (Fsp3) is 0.0909. The van der Waals surface area contributed by atoms with Gasteiger partial charge in [-0.3, -0.25) is 15.2 Å². The number of hydrogen-bond donors (Lipinski definition) is 2. The molecule has 0 saturated heterocycles. The minimum atomic E-state index is -0.301. The molecule has 0 aliphatic carbocycles. The first kappa shape index (κ1) is 11.6.